The number of carbonyl (C=O) groups is 2. The summed E-state index contributed by atoms with van der Waals surface area (Å²) in [6.07, 6.45) is 7.15. The SMILES string of the molecule is O=C(NC1CCCCCC1)C1CC(=O)N(c2cc(Cl)cc(Cl)c2)C1. The molecule has 2 amide bonds. The van der Waals surface area contributed by atoms with Gasteiger partial charge in [0.15, 0.2) is 0 Å². The molecule has 130 valence electrons. The van der Waals surface area contributed by atoms with E-state index in [1.54, 1.807) is 23.1 Å². The van der Waals surface area contributed by atoms with E-state index in [0.29, 0.717) is 22.3 Å². The Morgan fingerprint density at radius 3 is 2.29 bits per heavy atom. The minimum atomic E-state index is -0.307. The number of anilines is 1. The van der Waals surface area contributed by atoms with Crippen LogP contribution in [0.3, 0.4) is 0 Å². The van der Waals surface area contributed by atoms with Gasteiger partial charge in [0.05, 0.1) is 5.92 Å². The summed E-state index contributed by atoms with van der Waals surface area (Å²) in [5.74, 6) is -0.376. The molecule has 24 heavy (non-hydrogen) atoms. The van der Waals surface area contributed by atoms with Crippen LogP contribution in [0.1, 0.15) is 44.9 Å². The number of hydrogen-bond acceptors (Lipinski definition) is 2. The Labute approximate surface area is 152 Å². The molecular weight excluding hydrogens is 347 g/mol. The van der Waals surface area contributed by atoms with Gasteiger partial charge < -0.3 is 10.2 Å². The number of hydrogen-bond donors (Lipinski definition) is 1. The molecule has 1 aliphatic heterocycles. The fraction of sp³-hybridized carbons (Fsp3) is 0.556. The smallest absolute Gasteiger partial charge is 0.227 e. The van der Waals surface area contributed by atoms with Gasteiger partial charge >= 0.3 is 0 Å². The fourth-order valence-corrected chi connectivity index (χ4v) is 4.09. The highest BCUT2D eigenvalue weighted by Crippen LogP contribution is 2.30. The fourth-order valence-electron chi connectivity index (χ4n) is 3.57. The molecule has 0 aromatic heterocycles. The molecule has 1 saturated heterocycles. The van der Waals surface area contributed by atoms with Crippen molar-refractivity contribution >= 4 is 40.7 Å². The predicted molar refractivity (Wildman–Crippen MR) is 96.6 cm³/mol. The lowest BCUT2D eigenvalue weighted by molar-refractivity contribution is -0.127. The Hall–Kier alpha value is -1.26. The van der Waals surface area contributed by atoms with E-state index in [2.05, 4.69) is 5.32 Å². The van der Waals surface area contributed by atoms with Crippen molar-refractivity contribution in [1.29, 1.82) is 0 Å². The Bertz CT molecular complexity index is 607. The van der Waals surface area contributed by atoms with Crippen molar-refractivity contribution in [3.8, 4) is 0 Å². The topological polar surface area (TPSA) is 49.4 Å². The highest BCUT2D eigenvalue weighted by atomic mass is 35.5. The molecule has 2 fully saturated rings. The Balaban J connectivity index is 1.64. The third-order valence-electron chi connectivity index (χ3n) is 4.86. The van der Waals surface area contributed by atoms with Crippen molar-refractivity contribution in [3.63, 3.8) is 0 Å². The zero-order chi connectivity index (χ0) is 17.1. The van der Waals surface area contributed by atoms with Gasteiger partial charge in [-0.2, -0.15) is 0 Å². The Morgan fingerprint density at radius 1 is 1.04 bits per heavy atom. The molecule has 1 saturated carbocycles. The van der Waals surface area contributed by atoms with Gasteiger partial charge in [-0.3, -0.25) is 9.59 Å². The molecule has 2 aliphatic rings. The molecule has 1 atom stereocenters. The van der Waals surface area contributed by atoms with Crippen LogP contribution in [-0.4, -0.2) is 24.4 Å². The normalized spacial score (nSPS) is 22.5. The molecule has 4 nitrogen and oxygen atoms in total. The van der Waals surface area contributed by atoms with Crippen LogP contribution in [-0.2, 0) is 9.59 Å². The van der Waals surface area contributed by atoms with E-state index in [1.807, 2.05) is 0 Å². The average molecular weight is 369 g/mol. The summed E-state index contributed by atoms with van der Waals surface area (Å²) in [5, 5.41) is 4.11. The van der Waals surface area contributed by atoms with E-state index in [1.165, 1.54) is 25.7 Å². The van der Waals surface area contributed by atoms with E-state index in [9.17, 15) is 9.59 Å². The molecule has 1 aromatic carbocycles. The first-order valence-corrected chi connectivity index (χ1v) is 9.35. The van der Waals surface area contributed by atoms with Gasteiger partial charge in [-0.25, -0.2) is 0 Å². The quantitative estimate of drug-likeness (QED) is 0.813. The summed E-state index contributed by atoms with van der Waals surface area (Å²) in [6.45, 7) is 0.383. The average Bonchev–Trinajstić information content (AvgIpc) is 2.74. The molecule has 1 unspecified atom stereocenters. The zero-order valence-electron chi connectivity index (χ0n) is 13.6. The lowest BCUT2D eigenvalue weighted by Gasteiger charge is -2.20. The number of carbonyl (C=O) groups excluding carboxylic acids is 2. The lowest BCUT2D eigenvalue weighted by atomic mass is 10.0. The van der Waals surface area contributed by atoms with E-state index in [4.69, 9.17) is 23.2 Å². The highest BCUT2D eigenvalue weighted by Gasteiger charge is 2.36. The van der Waals surface area contributed by atoms with Crippen LogP contribution in [0.25, 0.3) is 0 Å². The first-order valence-electron chi connectivity index (χ1n) is 8.60. The first-order chi connectivity index (χ1) is 11.5. The van der Waals surface area contributed by atoms with Crippen molar-refractivity contribution in [1.82, 2.24) is 5.32 Å². The minimum Gasteiger partial charge on any atom is -0.353 e. The van der Waals surface area contributed by atoms with Crippen LogP contribution in [0.15, 0.2) is 18.2 Å². The maximum atomic E-state index is 12.5. The van der Waals surface area contributed by atoms with E-state index < -0.39 is 0 Å². The van der Waals surface area contributed by atoms with Gasteiger partial charge in [0.25, 0.3) is 0 Å². The number of halogens is 2. The number of nitrogens with one attached hydrogen (secondary N) is 1. The summed E-state index contributed by atoms with van der Waals surface area (Å²) < 4.78 is 0. The largest absolute Gasteiger partial charge is 0.353 e. The van der Waals surface area contributed by atoms with Gasteiger partial charge in [0.2, 0.25) is 11.8 Å². The molecule has 1 aliphatic carbocycles. The second-order valence-corrected chi connectivity index (χ2v) is 7.60. The molecule has 0 radical (unpaired) electrons. The molecule has 0 spiro atoms. The second-order valence-electron chi connectivity index (χ2n) is 6.73. The second kappa shape index (κ2) is 7.75. The van der Waals surface area contributed by atoms with Gasteiger partial charge in [0.1, 0.15) is 0 Å². The van der Waals surface area contributed by atoms with Crippen molar-refractivity contribution < 1.29 is 9.59 Å². The minimum absolute atomic E-state index is 0.00845. The molecular formula is C18H22Cl2N2O2. The number of amides is 2. The number of rotatable bonds is 3. The Morgan fingerprint density at radius 2 is 1.67 bits per heavy atom. The first kappa shape index (κ1) is 17.6. The van der Waals surface area contributed by atoms with Crippen LogP contribution in [0, 0.1) is 5.92 Å². The highest BCUT2D eigenvalue weighted by molar-refractivity contribution is 6.35. The van der Waals surface area contributed by atoms with Gasteiger partial charge in [-0.05, 0) is 31.0 Å². The number of nitrogens with zero attached hydrogens (tertiary/aromatic N) is 1. The summed E-state index contributed by atoms with van der Waals surface area (Å²) in [4.78, 5) is 26.5. The molecule has 1 N–H and O–H groups in total. The van der Waals surface area contributed by atoms with Crippen molar-refractivity contribution in [2.24, 2.45) is 5.92 Å². The van der Waals surface area contributed by atoms with E-state index in [-0.39, 0.29) is 30.2 Å². The summed E-state index contributed by atoms with van der Waals surface area (Å²) in [6, 6.07) is 5.29. The summed E-state index contributed by atoms with van der Waals surface area (Å²) in [5.41, 5.74) is 0.655. The maximum absolute atomic E-state index is 12.5. The van der Waals surface area contributed by atoms with Gasteiger partial charge in [0, 0.05) is 34.7 Å². The summed E-state index contributed by atoms with van der Waals surface area (Å²) in [7, 11) is 0. The number of benzene rings is 1. The zero-order valence-corrected chi connectivity index (χ0v) is 15.1. The van der Waals surface area contributed by atoms with Crippen LogP contribution in [0.4, 0.5) is 5.69 Å². The van der Waals surface area contributed by atoms with Crippen LogP contribution in [0.5, 0.6) is 0 Å². The van der Waals surface area contributed by atoms with E-state index >= 15 is 0 Å². The van der Waals surface area contributed by atoms with Gasteiger partial charge in [-0.1, -0.05) is 48.9 Å². The molecule has 0 bridgehead atoms. The lowest BCUT2D eigenvalue weighted by Crippen LogP contribution is -2.39. The van der Waals surface area contributed by atoms with Gasteiger partial charge in [-0.15, -0.1) is 0 Å². The third-order valence-corrected chi connectivity index (χ3v) is 5.29. The van der Waals surface area contributed by atoms with Crippen molar-refractivity contribution in [2.75, 3.05) is 11.4 Å². The molecule has 1 aromatic rings. The Kier molecular flexibility index (Phi) is 5.67. The third kappa shape index (κ3) is 4.22. The molecule has 6 heteroatoms. The van der Waals surface area contributed by atoms with Crippen LogP contribution in [0.2, 0.25) is 10.0 Å². The predicted octanol–water partition coefficient (Wildman–Crippen LogP) is 4.19. The maximum Gasteiger partial charge on any atom is 0.227 e. The van der Waals surface area contributed by atoms with Crippen molar-refractivity contribution in [2.45, 2.75) is 51.0 Å². The van der Waals surface area contributed by atoms with Crippen LogP contribution < -0.4 is 10.2 Å². The molecule has 1 heterocycles. The molecule has 3 rings (SSSR count). The van der Waals surface area contributed by atoms with E-state index in [0.717, 1.165) is 12.8 Å². The standard InChI is InChI=1S/C18H22Cl2N2O2/c19-13-8-14(20)10-16(9-13)22-11-12(7-17(22)23)18(24)21-15-5-3-1-2-4-6-15/h8-10,12,15H,1-7,11H2,(H,21,24). The monoisotopic (exact) mass is 368 g/mol. The van der Waals surface area contributed by atoms with Crippen LogP contribution >= 0.6 is 23.2 Å². The summed E-state index contributed by atoms with van der Waals surface area (Å²) >= 11 is 12.0. The van der Waals surface area contributed by atoms with Crippen molar-refractivity contribution in [3.05, 3.63) is 28.2 Å².